The second kappa shape index (κ2) is 8.55. The molecule has 1 heteroatoms. The van der Waals surface area contributed by atoms with Gasteiger partial charge < -0.3 is 0 Å². The SMILES string of the molecule is c1ccc(-c2cc(-c3ccccc3)cc(-c3ccc4c(c3)-c3c(ccc5sc6ccccc6c35)C4)c2)cc1. The van der Waals surface area contributed by atoms with Crippen LogP contribution in [0.25, 0.3) is 64.7 Å². The van der Waals surface area contributed by atoms with E-state index in [1.165, 1.54) is 75.8 Å². The Labute approximate surface area is 226 Å². The average Bonchev–Trinajstić information content (AvgIpc) is 3.55. The first-order valence-corrected chi connectivity index (χ1v) is 14.0. The van der Waals surface area contributed by atoms with E-state index in [1.807, 2.05) is 11.3 Å². The molecule has 0 saturated carbocycles. The first kappa shape index (κ1) is 21.6. The van der Waals surface area contributed by atoms with Crippen molar-refractivity contribution in [2.75, 3.05) is 0 Å². The number of rotatable bonds is 3. The summed E-state index contributed by atoms with van der Waals surface area (Å²) in [5.41, 5.74) is 13.2. The van der Waals surface area contributed by atoms with Crippen molar-refractivity contribution in [2.24, 2.45) is 0 Å². The number of benzene rings is 6. The highest BCUT2D eigenvalue weighted by atomic mass is 32.1. The Bertz CT molecular complexity index is 1920. The van der Waals surface area contributed by atoms with Crippen molar-refractivity contribution in [2.45, 2.75) is 6.42 Å². The van der Waals surface area contributed by atoms with Gasteiger partial charge in [-0.05, 0) is 98.5 Å². The highest BCUT2D eigenvalue weighted by molar-refractivity contribution is 7.25. The molecule has 6 aromatic carbocycles. The predicted octanol–water partition coefficient (Wildman–Crippen LogP) is 10.6. The number of fused-ring (bicyclic) bond motifs is 7. The van der Waals surface area contributed by atoms with Crippen molar-refractivity contribution in [3.8, 4) is 44.5 Å². The summed E-state index contributed by atoms with van der Waals surface area (Å²) in [5, 5.41) is 2.79. The third kappa shape index (κ3) is 3.44. The number of thiophene rings is 1. The monoisotopic (exact) mass is 500 g/mol. The van der Waals surface area contributed by atoms with Crippen LogP contribution in [-0.2, 0) is 6.42 Å². The Morgan fingerprint density at radius 2 is 1.03 bits per heavy atom. The molecule has 0 spiro atoms. The maximum atomic E-state index is 2.44. The lowest BCUT2D eigenvalue weighted by molar-refractivity contribution is 1.27. The summed E-state index contributed by atoms with van der Waals surface area (Å²) in [7, 11) is 0. The van der Waals surface area contributed by atoms with Crippen LogP contribution in [0.3, 0.4) is 0 Å². The van der Waals surface area contributed by atoms with E-state index in [4.69, 9.17) is 0 Å². The van der Waals surface area contributed by atoms with Crippen LogP contribution >= 0.6 is 11.3 Å². The molecule has 0 fully saturated rings. The van der Waals surface area contributed by atoms with Gasteiger partial charge in [0.05, 0.1) is 0 Å². The van der Waals surface area contributed by atoms with Crippen molar-refractivity contribution < 1.29 is 0 Å². The maximum absolute atomic E-state index is 2.44. The molecule has 0 nitrogen and oxygen atoms in total. The van der Waals surface area contributed by atoms with Crippen LogP contribution in [0.15, 0.2) is 133 Å². The largest absolute Gasteiger partial charge is 0.135 e. The Hall–Kier alpha value is -4.46. The van der Waals surface area contributed by atoms with Crippen LogP contribution in [-0.4, -0.2) is 0 Å². The Balaban J connectivity index is 1.34. The zero-order chi connectivity index (χ0) is 25.1. The van der Waals surface area contributed by atoms with Gasteiger partial charge in [-0.15, -0.1) is 11.3 Å². The fourth-order valence-corrected chi connectivity index (χ4v) is 7.17. The number of hydrogen-bond donors (Lipinski definition) is 0. The van der Waals surface area contributed by atoms with Crippen molar-refractivity contribution in [1.29, 1.82) is 0 Å². The van der Waals surface area contributed by atoms with Gasteiger partial charge in [-0.3, -0.25) is 0 Å². The van der Waals surface area contributed by atoms with E-state index < -0.39 is 0 Å². The summed E-state index contributed by atoms with van der Waals surface area (Å²) in [6.45, 7) is 0. The van der Waals surface area contributed by atoms with Gasteiger partial charge in [-0.25, -0.2) is 0 Å². The normalized spacial score (nSPS) is 12.1. The van der Waals surface area contributed by atoms with E-state index in [9.17, 15) is 0 Å². The highest BCUT2D eigenvalue weighted by Gasteiger charge is 2.23. The predicted molar refractivity (Wildman–Crippen MR) is 164 cm³/mol. The summed E-state index contributed by atoms with van der Waals surface area (Å²) in [5.74, 6) is 0. The van der Waals surface area contributed by atoms with Crippen molar-refractivity contribution in [3.05, 3.63) is 145 Å². The molecule has 8 rings (SSSR count). The second-order valence-electron chi connectivity index (χ2n) is 10.2. The quantitative estimate of drug-likeness (QED) is 0.226. The fourth-order valence-electron chi connectivity index (χ4n) is 6.05. The third-order valence-electron chi connectivity index (χ3n) is 7.87. The van der Waals surface area contributed by atoms with Crippen molar-refractivity contribution in [1.82, 2.24) is 0 Å². The topological polar surface area (TPSA) is 0 Å². The number of hydrogen-bond acceptors (Lipinski definition) is 1. The summed E-state index contributed by atoms with van der Waals surface area (Å²) in [6.07, 6.45) is 1.00. The molecule has 7 aromatic rings. The first-order chi connectivity index (χ1) is 18.8. The lowest BCUT2D eigenvalue weighted by Gasteiger charge is -2.13. The molecule has 1 heterocycles. The van der Waals surface area contributed by atoms with Crippen LogP contribution < -0.4 is 0 Å². The summed E-state index contributed by atoms with van der Waals surface area (Å²) in [6, 6.07) is 49.1. The summed E-state index contributed by atoms with van der Waals surface area (Å²) < 4.78 is 2.74. The molecule has 1 aliphatic rings. The fraction of sp³-hybridized carbons (Fsp3) is 0.0270. The lowest BCUT2D eigenvalue weighted by Crippen LogP contribution is -1.87. The molecule has 1 aromatic heterocycles. The summed E-state index contributed by atoms with van der Waals surface area (Å²) in [4.78, 5) is 0. The van der Waals surface area contributed by atoms with Gasteiger partial charge in [-0.1, -0.05) is 97.1 Å². The average molecular weight is 501 g/mol. The van der Waals surface area contributed by atoms with Crippen LogP contribution in [0.5, 0.6) is 0 Å². The molecule has 0 radical (unpaired) electrons. The first-order valence-electron chi connectivity index (χ1n) is 13.1. The van der Waals surface area contributed by atoms with Crippen molar-refractivity contribution >= 4 is 31.5 Å². The van der Waals surface area contributed by atoms with E-state index in [0.717, 1.165) is 6.42 Å². The van der Waals surface area contributed by atoms with Gasteiger partial charge in [0.25, 0.3) is 0 Å². The van der Waals surface area contributed by atoms with Gasteiger partial charge in [0, 0.05) is 20.2 Å². The van der Waals surface area contributed by atoms with Gasteiger partial charge in [0.15, 0.2) is 0 Å². The molecule has 0 N–H and O–H groups in total. The molecule has 0 unspecified atom stereocenters. The molecule has 178 valence electrons. The molecule has 0 aliphatic heterocycles. The van der Waals surface area contributed by atoms with Crippen LogP contribution in [0.2, 0.25) is 0 Å². The molecular formula is C37H24S. The standard InChI is InChI=1S/C37H24S/c1-3-9-24(10-4-1)29-20-30(25-11-5-2-6-12-25)22-31(21-29)26-15-16-27-19-28-17-18-35-37(36(28)33(27)23-26)32-13-7-8-14-34(32)38-35/h1-18,20-23H,19H2. The molecule has 38 heavy (non-hydrogen) atoms. The van der Waals surface area contributed by atoms with E-state index in [1.54, 1.807) is 0 Å². The molecule has 1 aliphatic carbocycles. The van der Waals surface area contributed by atoms with E-state index >= 15 is 0 Å². The second-order valence-corrected chi connectivity index (χ2v) is 11.2. The third-order valence-corrected chi connectivity index (χ3v) is 9.01. The highest BCUT2D eigenvalue weighted by Crippen LogP contribution is 2.48. The van der Waals surface area contributed by atoms with E-state index in [0.29, 0.717) is 0 Å². The molecule has 0 bridgehead atoms. The van der Waals surface area contributed by atoms with Gasteiger partial charge in [0.2, 0.25) is 0 Å². The molecular weight excluding hydrogens is 476 g/mol. The minimum atomic E-state index is 1.00. The van der Waals surface area contributed by atoms with Gasteiger partial charge >= 0.3 is 0 Å². The minimum Gasteiger partial charge on any atom is -0.135 e. The zero-order valence-corrected chi connectivity index (χ0v) is 21.6. The minimum absolute atomic E-state index is 1.00. The molecule has 0 amide bonds. The zero-order valence-electron chi connectivity index (χ0n) is 20.8. The Morgan fingerprint density at radius 1 is 0.421 bits per heavy atom. The summed E-state index contributed by atoms with van der Waals surface area (Å²) >= 11 is 1.90. The van der Waals surface area contributed by atoms with Crippen LogP contribution in [0.4, 0.5) is 0 Å². The maximum Gasteiger partial charge on any atom is 0.0361 e. The van der Waals surface area contributed by atoms with E-state index in [2.05, 4.69) is 133 Å². The van der Waals surface area contributed by atoms with E-state index in [-0.39, 0.29) is 0 Å². The smallest absolute Gasteiger partial charge is 0.0361 e. The van der Waals surface area contributed by atoms with Crippen molar-refractivity contribution in [3.63, 3.8) is 0 Å². The van der Waals surface area contributed by atoms with Gasteiger partial charge in [0.1, 0.15) is 0 Å². The van der Waals surface area contributed by atoms with Crippen LogP contribution in [0, 0.1) is 0 Å². The Kier molecular flexibility index (Phi) is 4.86. The van der Waals surface area contributed by atoms with Gasteiger partial charge in [-0.2, -0.15) is 0 Å². The molecule has 0 saturated heterocycles. The lowest BCUT2D eigenvalue weighted by atomic mass is 9.91. The Morgan fingerprint density at radius 3 is 1.74 bits per heavy atom. The van der Waals surface area contributed by atoms with Crippen LogP contribution in [0.1, 0.15) is 11.1 Å². The molecule has 0 atom stereocenters.